The molecule has 6 heteroatoms. The van der Waals surface area contributed by atoms with Gasteiger partial charge in [0, 0.05) is 17.8 Å². The molecule has 2 rings (SSSR count). The molecular formula is C18H17FN2O3. The zero-order valence-electron chi connectivity index (χ0n) is 13.1. The summed E-state index contributed by atoms with van der Waals surface area (Å²) >= 11 is 0. The standard InChI is InChI=1S/C18H17FN2O3/c1-12(22)14-3-2-4-16(11-14)21-18(24)17(23)20-10-9-13-5-7-15(19)8-6-13/h2-8,11H,9-10H2,1H3,(H,20,23)(H,21,24). The number of rotatable bonds is 5. The Kier molecular flexibility index (Phi) is 5.78. The summed E-state index contributed by atoms with van der Waals surface area (Å²) < 4.78 is 12.8. The quantitative estimate of drug-likeness (QED) is 0.653. The Balaban J connectivity index is 1.83. The van der Waals surface area contributed by atoms with E-state index in [1.165, 1.54) is 25.1 Å². The largest absolute Gasteiger partial charge is 0.347 e. The van der Waals surface area contributed by atoms with Crippen LogP contribution in [0.2, 0.25) is 0 Å². The minimum absolute atomic E-state index is 0.130. The fourth-order valence-corrected chi connectivity index (χ4v) is 2.06. The van der Waals surface area contributed by atoms with Crippen molar-refractivity contribution in [2.75, 3.05) is 11.9 Å². The second-order valence-corrected chi connectivity index (χ2v) is 5.22. The Bertz CT molecular complexity index is 757. The van der Waals surface area contributed by atoms with Gasteiger partial charge in [0.2, 0.25) is 0 Å². The van der Waals surface area contributed by atoms with Crippen LogP contribution < -0.4 is 10.6 Å². The van der Waals surface area contributed by atoms with Gasteiger partial charge in [-0.05, 0) is 43.2 Å². The monoisotopic (exact) mass is 328 g/mol. The number of amides is 2. The molecule has 2 amide bonds. The summed E-state index contributed by atoms with van der Waals surface area (Å²) in [5.74, 6) is -2.04. The molecule has 0 saturated heterocycles. The van der Waals surface area contributed by atoms with Crippen LogP contribution in [0, 0.1) is 5.82 Å². The number of anilines is 1. The third kappa shape index (κ3) is 5.01. The number of Topliss-reactive ketones (excluding diaryl/α,β-unsaturated/α-hetero) is 1. The molecule has 124 valence electrons. The topological polar surface area (TPSA) is 75.3 Å². The smallest absolute Gasteiger partial charge is 0.313 e. The van der Waals surface area contributed by atoms with E-state index in [2.05, 4.69) is 10.6 Å². The predicted molar refractivity (Wildman–Crippen MR) is 88.2 cm³/mol. The average Bonchev–Trinajstić information content (AvgIpc) is 2.56. The molecule has 0 atom stereocenters. The maximum absolute atomic E-state index is 12.8. The lowest BCUT2D eigenvalue weighted by atomic mass is 10.1. The van der Waals surface area contributed by atoms with Crippen LogP contribution in [-0.2, 0) is 16.0 Å². The number of halogens is 1. The summed E-state index contributed by atoms with van der Waals surface area (Å²) in [5.41, 5.74) is 1.68. The van der Waals surface area contributed by atoms with E-state index in [1.807, 2.05) is 0 Å². The van der Waals surface area contributed by atoms with Crippen LogP contribution in [0.5, 0.6) is 0 Å². The van der Waals surface area contributed by atoms with Crippen molar-refractivity contribution >= 4 is 23.3 Å². The molecule has 24 heavy (non-hydrogen) atoms. The number of carbonyl (C=O) groups excluding carboxylic acids is 3. The van der Waals surface area contributed by atoms with Crippen LogP contribution in [-0.4, -0.2) is 24.1 Å². The first-order valence-electron chi connectivity index (χ1n) is 7.40. The van der Waals surface area contributed by atoms with Gasteiger partial charge in [-0.3, -0.25) is 14.4 Å². The van der Waals surface area contributed by atoms with Gasteiger partial charge in [-0.25, -0.2) is 4.39 Å². The maximum Gasteiger partial charge on any atom is 0.313 e. The van der Waals surface area contributed by atoms with Gasteiger partial charge in [-0.1, -0.05) is 24.3 Å². The lowest BCUT2D eigenvalue weighted by Crippen LogP contribution is -2.36. The van der Waals surface area contributed by atoms with Crippen LogP contribution in [0.15, 0.2) is 48.5 Å². The van der Waals surface area contributed by atoms with Gasteiger partial charge in [0.05, 0.1) is 0 Å². The number of benzene rings is 2. The van der Waals surface area contributed by atoms with Crippen LogP contribution in [0.1, 0.15) is 22.8 Å². The molecule has 0 spiro atoms. The summed E-state index contributed by atoms with van der Waals surface area (Å²) in [6.45, 7) is 1.68. The van der Waals surface area contributed by atoms with Crippen LogP contribution in [0.4, 0.5) is 10.1 Å². The summed E-state index contributed by atoms with van der Waals surface area (Å²) in [6.07, 6.45) is 0.485. The average molecular weight is 328 g/mol. The van der Waals surface area contributed by atoms with Crippen molar-refractivity contribution in [2.45, 2.75) is 13.3 Å². The second-order valence-electron chi connectivity index (χ2n) is 5.22. The number of ketones is 1. The molecule has 0 aliphatic carbocycles. The summed E-state index contributed by atoms with van der Waals surface area (Å²) in [7, 11) is 0. The Morgan fingerprint density at radius 2 is 1.71 bits per heavy atom. The van der Waals surface area contributed by atoms with Crippen molar-refractivity contribution in [1.29, 1.82) is 0 Å². The summed E-state index contributed by atoms with van der Waals surface area (Å²) in [4.78, 5) is 34.9. The van der Waals surface area contributed by atoms with Crippen LogP contribution >= 0.6 is 0 Å². The molecule has 0 aromatic heterocycles. The van der Waals surface area contributed by atoms with E-state index in [1.54, 1.807) is 30.3 Å². The van der Waals surface area contributed by atoms with Gasteiger partial charge in [0.25, 0.3) is 0 Å². The van der Waals surface area contributed by atoms with E-state index in [0.29, 0.717) is 17.7 Å². The van der Waals surface area contributed by atoms with E-state index in [4.69, 9.17) is 0 Å². The third-order valence-electron chi connectivity index (χ3n) is 3.35. The molecule has 0 saturated carbocycles. The lowest BCUT2D eigenvalue weighted by molar-refractivity contribution is -0.136. The summed E-state index contributed by atoms with van der Waals surface area (Å²) in [6, 6.07) is 12.3. The Hall–Kier alpha value is -3.02. The number of nitrogens with one attached hydrogen (secondary N) is 2. The molecule has 2 aromatic carbocycles. The van der Waals surface area contributed by atoms with Crippen molar-refractivity contribution in [3.05, 3.63) is 65.5 Å². The minimum atomic E-state index is -0.810. The van der Waals surface area contributed by atoms with Gasteiger partial charge >= 0.3 is 11.8 Å². The van der Waals surface area contributed by atoms with Gasteiger partial charge in [-0.15, -0.1) is 0 Å². The number of hydrogen-bond acceptors (Lipinski definition) is 3. The maximum atomic E-state index is 12.8. The zero-order chi connectivity index (χ0) is 17.5. The molecule has 0 aliphatic rings. The second kappa shape index (κ2) is 8.01. The SMILES string of the molecule is CC(=O)c1cccc(NC(=O)C(=O)NCCc2ccc(F)cc2)c1. The van der Waals surface area contributed by atoms with Crippen LogP contribution in [0.25, 0.3) is 0 Å². The normalized spacial score (nSPS) is 10.1. The number of hydrogen-bond donors (Lipinski definition) is 2. The highest BCUT2D eigenvalue weighted by atomic mass is 19.1. The van der Waals surface area contributed by atoms with Crippen molar-refractivity contribution in [2.24, 2.45) is 0 Å². The van der Waals surface area contributed by atoms with Gasteiger partial charge in [0.15, 0.2) is 5.78 Å². The number of carbonyl (C=O) groups is 3. The van der Waals surface area contributed by atoms with E-state index in [9.17, 15) is 18.8 Å². The van der Waals surface area contributed by atoms with Gasteiger partial charge < -0.3 is 10.6 Å². The minimum Gasteiger partial charge on any atom is -0.347 e. The summed E-state index contributed by atoms with van der Waals surface area (Å²) in [5, 5.41) is 4.93. The zero-order valence-corrected chi connectivity index (χ0v) is 13.1. The molecular weight excluding hydrogens is 311 g/mol. The molecule has 0 heterocycles. The van der Waals surface area contributed by atoms with E-state index < -0.39 is 11.8 Å². The van der Waals surface area contributed by atoms with Crippen molar-refractivity contribution < 1.29 is 18.8 Å². The van der Waals surface area contributed by atoms with E-state index in [-0.39, 0.29) is 18.1 Å². The lowest BCUT2D eigenvalue weighted by Gasteiger charge is -2.07. The molecule has 0 fully saturated rings. The predicted octanol–water partition coefficient (Wildman–Crippen LogP) is 2.33. The van der Waals surface area contributed by atoms with E-state index >= 15 is 0 Å². The molecule has 2 N–H and O–H groups in total. The fourth-order valence-electron chi connectivity index (χ4n) is 2.06. The van der Waals surface area contributed by atoms with Crippen molar-refractivity contribution in [3.8, 4) is 0 Å². The highest BCUT2D eigenvalue weighted by Crippen LogP contribution is 2.11. The fraction of sp³-hybridized carbons (Fsp3) is 0.167. The van der Waals surface area contributed by atoms with Crippen molar-refractivity contribution in [3.63, 3.8) is 0 Å². The van der Waals surface area contributed by atoms with Crippen LogP contribution in [0.3, 0.4) is 0 Å². The van der Waals surface area contributed by atoms with E-state index in [0.717, 1.165) is 5.56 Å². The van der Waals surface area contributed by atoms with Crippen molar-refractivity contribution in [1.82, 2.24) is 5.32 Å². The Labute approximate surface area is 138 Å². The Morgan fingerprint density at radius 1 is 1.00 bits per heavy atom. The Morgan fingerprint density at radius 3 is 2.38 bits per heavy atom. The first-order valence-corrected chi connectivity index (χ1v) is 7.40. The molecule has 0 unspecified atom stereocenters. The highest BCUT2D eigenvalue weighted by molar-refractivity contribution is 6.39. The molecule has 0 radical (unpaired) electrons. The first kappa shape index (κ1) is 17.3. The third-order valence-corrected chi connectivity index (χ3v) is 3.35. The molecule has 5 nitrogen and oxygen atoms in total. The molecule has 0 bridgehead atoms. The van der Waals surface area contributed by atoms with Gasteiger partial charge in [0.1, 0.15) is 5.82 Å². The molecule has 0 aliphatic heterocycles. The van der Waals surface area contributed by atoms with Gasteiger partial charge in [-0.2, -0.15) is 0 Å². The highest BCUT2D eigenvalue weighted by Gasteiger charge is 2.13. The first-order chi connectivity index (χ1) is 11.5. The molecule has 2 aromatic rings.